The molecule has 0 saturated carbocycles. The molecule has 3 nitrogen and oxygen atoms in total. The summed E-state index contributed by atoms with van der Waals surface area (Å²) in [6.45, 7) is 0. The summed E-state index contributed by atoms with van der Waals surface area (Å²) in [4.78, 5) is 22.5. The molecule has 0 aromatic heterocycles. The lowest BCUT2D eigenvalue weighted by atomic mass is 10.1. The summed E-state index contributed by atoms with van der Waals surface area (Å²) in [5, 5.41) is 2.59. The first-order chi connectivity index (χ1) is 8.31. The van der Waals surface area contributed by atoms with Gasteiger partial charge in [-0.15, -0.1) is 0 Å². The van der Waals surface area contributed by atoms with Gasteiger partial charge in [0.25, 0.3) is 0 Å². The van der Waals surface area contributed by atoms with Crippen LogP contribution >= 0.6 is 0 Å². The van der Waals surface area contributed by atoms with Gasteiger partial charge < -0.3 is 5.32 Å². The third-order valence-electron chi connectivity index (χ3n) is 2.95. The van der Waals surface area contributed by atoms with Gasteiger partial charge in [-0.3, -0.25) is 9.59 Å². The van der Waals surface area contributed by atoms with E-state index >= 15 is 0 Å². The van der Waals surface area contributed by atoms with E-state index in [4.69, 9.17) is 0 Å². The number of nitrogens with one attached hydrogen (secondary N) is 1. The highest BCUT2D eigenvalue weighted by atomic mass is 16.1. The molecule has 2 aromatic rings. The molecular weight excluding hydrogens is 214 g/mol. The Hall–Kier alpha value is -2.42. The fourth-order valence-corrected chi connectivity index (χ4v) is 2.18. The Balaban J connectivity index is 2.23. The highest BCUT2D eigenvalue weighted by Gasteiger charge is 2.25. The molecule has 0 atom stereocenters. The Morgan fingerprint density at radius 3 is 2.35 bits per heavy atom. The molecule has 0 bridgehead atoms. The second kappa shape index (κ2) is 3.56. The smallest absolute Gasteiger partial charge is 0.211 e. The third-order valence-corrected chi connectivity index (χ3v) is 2.95. The first-order valence-corrected chi connectivity index (χ1v) is 5.29. The SMILES string of the molecule is O=CNc1ccc2c(c1)-c1ccccc1C2=O. The van der Waals surface area contributed by atoms with Gasteiger partial charge in [-0.1, -0.05) is 24.3 Å². The van der Waals surface area contributed by atoms with Gasteiger partial charge in [0.05, 0.1) is 0 Å². The first kappa shape index (κ1) is 9.78. The largest absolute Gasteiger partial charge is 0.329 e. The van der Waals surface area contributed by atoms with Crippen LogP contribution in [0.15, 0.2) is 42.5 Å². The molecule has 3 heteroatoms. The summed E-state index contributed by atoms with van der Waals surface area (Å²) >= 11 is 0. The summed E-state index contributed by atoms with van der Waals surface area (Å²) in [6, 6.07) is 12.8. The zero-order valence-corrected chi connectivity index (χ0v) is 8.94. The van der Waals surface area contributed by atoms with Gasteiger partial charge in [-0.25, -0.2) is 0 Å². The van der Waals surface area contributed by atoms with E-state index in [2.05, 4.69) is 5.32 Å². The molecule has 0 radical (unpaired) electrons. The van der Waals surface area contributed by atoms with Crippen molar-refractivity contribution in [2.45, 2.75) is 0 Å². The number of carbonyl (C=O) groups excluding carboxylic acids is 2. The topological polar surface area (TPSA) is 46.2 Å². The molecule has 3 rings (SSSR count). The van der Waals surface area contributed by atoms with Crippen LogP contribution < -0.4 is 5.32 Å². The molecule has 1 amide bonds. The molecule has 0 aliphatic heterocycles. The van der Waals surface area contributed by atoms with Crippen LogP contribution in [0.25, 0.3) is 11.1 Å². The molecule has 1 N–H and O–H groups in total. The van der Waals surface area contributed by atoms with E-state index in [1.54, 1.807) is 12.1 Å². The van der Waals surface area contributed by atoms with E-state index in [9.17, 15) is 9.59 Å². The van der Waals surface area contributed by atoms with Crippen molar-refractivity contribution in [1.82, 2.24) is 0 Å². The van der Waals surface area contributed by atoms with Crippen molar-refractivity contribution < 1.29 is 9.59 Å². The summed E-state index contributed by atoms with van der Waals surface area (Å²) in [5.41, 5.74) is 3.94. The molecular formula is C14H9NO2. The van der Waals surface area contributed by atoms with E-state index in [0.29, 0.717) is 17.7 Å². The number of hydrogen-bond acceptors (Lipinski definition) is 2. The number of fused-ring (bicyclic) bond motifs is 3. The van der Waals surface area contributed by atoms with Crippen molar-refractivity contribution in [3.05, 3.63) is 53.6 Å². The van der Waals surface area contributed by atoms with Gasteiger partial charge in [0.15, 0.2) is 5.78 Å². The minimum atomic E-state index is 0.0493. The van der Waals surface area contributed by atoms with Crippen LogP contribution in [0.4, 0.5) is 5.69 Å². The van der Waals surface area contributed by atoms with Gasteiger partial charge in [-0.05, 0) is 29.3 Å². The number of anilines is 1. The third kappa shape index (κ3) is 1.36. The van der Waals surface area contributed by atoms with Gasteiger partial charge in [0.1, 0.15) is 0 Å². The van der Waals surface area contributed by atoms with Crippen molar-refractivity contribution >= 4 is 17.9 Å². The highest BCUT2D eigenvalue weighted by molar-refractivity contribution is 6.22. The molecule has 2 aromatic carbocycles. The number of hydrogen-bond donors (Lipinski definition) is 1. The second-order valence-electron chi connectivity index (χ2n) is 3.90. The lowest BCUT2D eigenvalue weighted by molar-refractivity contribution is -0.105. The van der Waals surface area contributed by atoms with Gasteiger partial charge in [0, 0.05) is 16.8 Å². The fraction of sp³-hybridized carbons (Fsp3) is 0. The summed E-state index contributed by atoms with van der Waals surface area (Å²) in [5.74, 6) is 0.0493. The Bertz CT molecular complexity index is 632. The van der Waals surface area contributed by atoms with E-state index < -0.39 is 0 Å². The van der Waals surface area contributed by atoms with Crippen LogP contribution in [0.5, 0.6) is 0 Å². The number of ketones is 1. The predicted octanol–water partition coefficient (Wildman–Crippen LogP) is 2.47. The second-order valence-corrected chi connectivity index (χ2v) is 3.90. The van der Waals surface area contributed by atoms with E-state index in [0.717, 1.165) is 16.7 Å². The Morgan fingerprint density at radius 2 is 1.59 bits per heavy atom. The van der Waals surface area contributed by atoms with Crippen LogP contribution in [0.3, 0.4) is 0 Å². The number of carbonyl (C=O) groups is 2. The van der Waals surface area contributed by atoms with E-state index in [-0.39, 0.29) is 5.78 Å². The fourth-order valence-electron chi connectivity index (χ4n) is 2.18. The Morgan fingerprint density at radius 1 is 0.882 bits per heavy atom. The molecule has 0 saturated heterocycles. The molecule has 0 spiro atoms. The normalized spacial score (nSPS) is 11.9. The minimum Gasteiger partial charge on any atom is -0.329 e. The minimum absolute atomic E-state index is 0.0493. The summed E-state index contributed by atoms with van der Waals surface area (Å²) < 4.78 is 0. The van der Waals surface area contributed by atoms with Crippen LogP contribution in [0.2, 0.25) is 0 Å². The van der Waals surface area contributed by atoms with Crippen LogP contribution in [0.1, 0.15) is 15.9 Å². The lowest BCUT2D eigenvalue weighted by Gasteiger charge is -2.03. The zero-order chi connectivity index (χ0) is 11.8. The van der Waals surface area contributed by atoms with Crippen molar-refractivity contribution in [1.29, 1.82) is 0 Å². The quantitative estimate of drug-likeness (QED) is 0.678. The standard InChI is InChI=1S/C14H9NO2/c16-8-15-9-5-6-12-13(7-9)10-3-1-2-4-11(10)14(12)17/h1-8H,(H,15,16). The molecule has 0 unspecified atom stereocenters. The molecule has 1 aliphatic rings. The van der Waals surface area contributed by atoms with Crippen molar-refractivity contribution in [2.75, 3.05) is 5.32 Å². The first-order valence-electron chi connectivity index (χ1n) is 5.29. The lowest BCUT2D eigenvalue weighted by Crippen LogP contribution is -1.96. The van der Waals surface area contributed by atoms with E-state index in [1.807, 2.05) is 30.3 Å². The average Bonchev–Trinajstić information content (AvgIpc) is 2.65. The van der Waals surface area contributed by atoms with Crippen LogP contribution in [-0.4, -0.2) is 12.2 Å². The number of benzene rings is 2. The molecule has 0 heterocycles. The van der Waals surface area contributed by atoms with Gasteiger partial charge in [0.2, 0.25) is 6.41 Å². The number of amides is 1. The van der Waals surface area contributed by atoms with Gasteiger partial charge >= 0.3 is 0 Å². The average molecular weight is 223 g/mol. The maximum absolute atomic E-state index is 12.1. The Labute approximate surface area is 98.1 Å². The summed E-state index contributed by atoms with van der Waals surface area (Å²) in [6.07, 6.45) is 0.629. The van der Waals surface area contributed by atoms with Gasteiger partial charge in [-0.2, -0.15) is 0 Å². The predicted molar refractivity (Wildman–Crippen MR) is 65.0 cm³/mol. The van der Waals surface area contributed by atoms with Crippen LogP contribution in [0, 0.1) is 0 Å². The highest BCUT2D eigenvalue weighted by Crippen LogP contribution is 2.37. The molecule has 0 fully saturated rings. The Kier molecular flexibility index (Phi) is 2.05. The van der Waals surface area contributed by atoms with Crippen LogP contribution in [-0.2, 0) is 4.79 Å². The monoisotopic (exact) mass is 223 g/mol. The van der Waals surface area contributed by atoms with Crippen molar-refractivity contribution in [3.63, 3.8) is 0 Å². The maximum Gasteiger partial charge on any atom is 0.211 e. The van der Waals surface area contributed by atoms with E-state index in [1.165, 1.54) is 0 Å². The maximum atomic E-state index is 12.1. The zero-order valence-electron chi connectivity index (χ0n) is 8.94. The molecule has 82 valence electrons. The molecule has 1 aliphatic carbocycles. The summed E-state index contributed by atoms with van der Waals surface area (Å²) in [7, 11) is 0. The number of rotatable bonds is 2. The van der Waals surface area contributed by atoms with Crippen molar-refractivity contribution in [2.24, 2.45) is 0 Å². The van der Waals surface area contributed by atoms with Crippen molar-refractivity contribution in [3.8, 4) is 11.1 Å². The molecule has 17 heavy (non-hydrogen) atoms.